The molecule has 3 N–H and O–H groups in total. The van der Waals surface area contributed by atoms with Crippen LogP contribution in [0, 0.1) is 11.3 Å². The van der Waals surface area contributed by atoms with Gasteiger partial charge < -0.3 is 10.8 Å². The second kappa shape index (κ2) is 5.97. The molecule has 3 atom stereocenters. The summed E-state index contributed by atoms with van der Waals surface area (Å²) in [5.41, 5.74) is 5.30. The molecule has 1 aromatic carbocycles. The Morgan fingerprint density at radius 2 is 1.95 bits per heavy atom. The van der Waals surface area contributed by atoms with Gasteiger partial charge in [-0.2, -0.15) is 13.2 Å². The van der Waals surface area contributed by atoms with Gasteiger partial charge in [0.1, 0.15) is 0 Å². The summed E-state index contributed by atoms with van der Waals surface area (Å²) >= 11 is 0. The van der Waals surface area contributed by atoms with Crippen molar-refractivity contribution in [3.63, 3.8) is 0 Å². The first-order valence-corrected chi connectivity index (χ1v) is 7.37. The molecular formula is C16H22F3NO. The van der Waals surface area contributed by atoms with Crippen molar-refractivity contribution in [2.75, 3.05) is 6.54 Å². The van der Waals surface area contributed by atoms with Gasteiger partial charge in [-0.05, 0) is 42.9 Å². The number of halogens is 3. The van der Waals surface area contributed by atoms with Gasteiger partial charge >= 0.3 is 6.18 Å². The number of nitrogens with two attached hydrogens (primary N) is 1. The topological polar surface area (TPSA) is 46.2 Å². The standard InChI is InChI=1S/C16H22F3NO/c1-2-11-7-8-15(9-11,10-20)14(21)12-3-5-13(6-4-12)16(17,18)19/h3-6,11,14,21H,2,7-10,20H2,1H3. The van der Waals surface area contributed by atoms with E-state index in [4.69, 9.17) is 5.73 Å². The number of aliphatic hydroxyl groups excluding tert-OH is 1. The summed E-state index contributed by atoms with van der Waals surface area (Å²) in [6.07, 6.45) is -1.43. The molecule has 1 aromatic rings. The van der Waals surface area contributed by atoms with Gasteiger partial charge in [-0.3, -0.25) is 0 Å². The monoisotopic (exact) mass is 301 g/mol. The van der Waals surface area contributed by atoms with Crippen LogP contribution >= 0.6 is 0 Å². The Hall–Kier alpha value is -1.07. The highest BCUT2D eigenvalue weighted by Gasteiger charge is 2.43. The maximum Gasteiger partial charge on any atom is 0.416 e. The summed E-state index contributed by atoms with van der Waals surface area (Å²) in [4.78, 5) is 0. The summed E-state index contributed by atoms with van der Waals surface area (Å²) in [5.74, 6) is 0.539. The molecule has 0 aliphatic heterocycles. The van der Waals surface area contributed by atoms with Crippen molar-refractivity contribution in [3.8, 4) is 0 Å². The lowest BCUT2D eigenvalue weighted by molar-refractivity contribution is -0.137. The minimum Gasteiger partial charge on any atom is -0.388 e. The highest BCUT2D eigenvalue weighted by Crippen LogP contribution is 2.50. The van der Waals surface area contributed by atoms with Gasteiger partial charge in [-0.15, -0.1) is 0 Å². The van der Waals surface area contributed by atoms with Crippen LogP contribution < -0.4 is 5.73 Å². The molecule has 1 saturated carbocycles. The Labute approximate surface area is 123 Å². The minimum atomic E-state index is -4.35. The van der Waals surface area contributed by atoms with Crippen molar-refractivity contribution in [2.45, 2.75) is 44.9 Å². The van der Waals surface area contributed by atoms with Crippen LogP contribution in [0.5, 0.6) is 0 Å². The number of rotatable bonds is 4. The van der Waals surface area contributed by atoms with Crippen LogP contribution in [0.3, 0.4) is 0 Å². The maximum atomic E-state index is 12.6. The first-order chi connectivity index (χ1) is 9.82. The van der Waals surface area contributed by atoms with E-state index in [0.717, 1.165) is 37.8 Å². The minimum absolute atomic E-state index is 0.353. The predicted octanol–water partition coefficient (Wildman–Crippen LogP) is 3.89. The second-order valence-corrected chi connectivity index (χ2v) is 6.11. The smallest absolute Gasteiger partial charge is 0.388 e. The van der Waals surface area contributed by atoms with Gasteiger partial charge in [0.2, 0.25) is 0 Å². The summed E-state index contributed by atoms with van der Waals surface area (Å²) < 4.78 is 37.7. The fraction of sp³-hybridized carbons (Fsp3) is 0.625. The molecule has 5 heteroatoms. The van der Waals surface area contributed by atoms with E-state index in [2.05, 4.69) is 6.92 Å². The van der Waals surface area contributed by atoms with Crippen LogP contribution in [0.25, 0.3) is 0 Å². The SMILES string of the molecule is CCC1CCC(CN)(C(O)c2ccc(C(F)(F)F)cc2)C1. The maximum absolute atomic E-state index is 12.6. The molecule has 2 nitrogen and oxygen atoms in total. The van der Waals surface area contributed by atoms with Gasteiger partial charge in [-0.1, -0.05) is 25.5 Å². The van der Waals surface area contributed by atoms with Crippen molar-refractivity contribution in [2.24, 2.45) is 17.1 Å². The number of hydrogen-bond donors (Lipinski definition) is 2. The lowest BCUT2D eigenvalue weighted by atomic mass is 9.76. The number of hydrogen-bond acceptors (Lipinski definition) is 2. The fourth-order valence-corrected chi connectivity index (χ4v) is 3.37. The van der Waals surface area contributed by atoms with Gasteiger partial charge in [0.05, 0.1) is 11.7 Å². The van der Waals surface area contributed by atoms with Crippen molar-refractivity contribution in [3.05, 3.63) is 35.4 Å². The molecular weight excluding hydrogens is 279 g/mol. The molecule has 118 valence electrons. The predicted molar refractivity (Wildman–Crippen MR) is 75.5 cm³/mol. The highest BCUT2D eigenvalue weighted by atomic mass is 19.4. The van der Waals surface area contributed by atoms with Crippen LogP contribution in [0.1, 0.15) is 49.8 Å². The summed E-state index contributed by atoms with van der Waals surface area (Å²) in [6, 6.07) is 4.78. The average Bonchev–Trinajstić information content (AvgIpc) is 2.90. The molecule has 1 fully saturated rings. The molecule has 0 saturated heterocycles. The Bertz CT molecular complexity index is 471. The number of benzene rings is 1. The van der Waals surface area contributed by atoms with E-state index >= 15 is 0 Å². The molecule has 1 aliphatic rings. The van der Waals surface area contributed by atoms with E-state index in [1.807, 2.05) is 0 Å². The number of aliphatic hydroxyl groups is 1. The normalized spacial score (nSPS) is 27.8. The van der Waals surface area contributed by atoms with Crippen LogP contribution in [0.2, 0.25) is 0 Å². The fourth-order valence-electron chi connectivity index (χ4n) is 3.37. The molecule has 3 unspecified atom stereocenters. The Morgan fingerprint density at radius 3 is 2.38 bits per heavy atom. The van der Waals surface area contributed by atoms with E-state index in [-0.39, 0.29) is 0 Å². The first kappa shape index (κ1) is 16.3. The molecule has 0 amide bonds. The molecule has 1 aliphatic carbocycles. The zero-order valence-corrected chi connectivity index (χ0v) is 12.2. The number of alkyl halides is 3. The van der Waals surface area contributed by atoms with Crippen molar-refractivity contribution in [1.29, 1.82) is 0 Å². The molecule has 0 radical (unpaired) electrons. The van der Waals surface area contributed by atoms with Crippen molar-refractivity contribution >= 4 is 0 Å². The van der Waals surface area contributed by atoms with Gasteiger partial charge in [0, 0.05) is 12.0 Å². The van der Waals surface area contributed by atoms with Crippen LogP contribution in [0.15, 0.2) is 24.3 Å². The Kier molecular flexibility index (Phi) is 4.63. The third kappa shape index (κ3) is 3.24. The Morgan fingerprint density at radius 1 is 1.33 bits per heavy atom. The van der Waals surface area contributed by atoms with E-state index in [0.29, 0.717) is 18.0 Å². The quantitative estimate of drug-likeness (QED) is 0.886. The van der Waals surface area contributed by atoms with Crippen LogP contribution in [0.4, 0.5) is 13.2 Å². The molecule has 0 heterocycles. The molecule has 0 aromatic heterocycles. The molecule has 21 heavy (non-hydrogen) atoms. The zero-order valence-electron chi connectivity index (χ0n) is 12.2. The van der Waals surface area contributed by atoms with E-state index < -0.39 is 23.3 Å². The van der Waals surface area contributed by atoms with E-state index in [1.54, 1.807) is 0 Å². The van der Waals surface area contributed by atoms with Crippen LogP contribution in [-0.2, 0) is 6.18 Å². The van der Waals surface area contributed by atoms with E-state index in [1.165, 1.54) is 12.1 Å². The third-order valence-electron chi connectivity index (χ3n) is 4.86. The Balaban J connectivity index is 2.21. The third-order valence-corrected chi connectivity index (χ3v) is 4.86. The zero-order chi connectivity index (χ0) is 15.7. The summed E-state index contributed by atoms with van der Waals surface area (Å²) in [6.45, 7) is 2.47. The molecule has 0 spiro atoms. The molecule has 2 rings (SSSR count). The first-order valence-electron chi connectivity index (χ1n) is 7.37. The van der Waals surface area contributed by atoms with Gasteiger partial charge in [-0.25, -0.2) is 0 Å². The summed E-state index contributed by atoms with van der Waals surface area (Å²) in [7, 11) is 0. The largest absolute Gasteiger partial charge is 0.416 e. The summed E-state index contributed by atoms with van der Waals surface area (Å²) in [5, 5.41) is 10.6. The highest BCUT2D eigenvalue weighted by molar-refractivity contribution is 5.27. The molecule has 0 bridgehead atoms. The van der Waals surface area contributed by atoms with Crippen molar-refractivity contribution < 1.29 is 18.3 Å². The van der Waals surface area contributed by atoms with Crippen LogP contribution in [-0.4, -0.2) is 11.7 Å². The second-order valence-electron chi connectivity index (χ2n) is 6.11. The van der Waals surface area contributed by atoms with Gasteiger partial charge in [0.15, 0.2) is 0 Å². The van der Waals surface area contributed by atoms with Gasteiger partial charge in [0.25, 0.3) is 0 Å². The lowest BCUT2D eigenvalue weighted by Gasteiger charge is -2.34. The lowest BCUT2D eigenvalue weighted by Crippen LogP contribution is -2.34. The van der Waals surface area contributed by atoms with E-state index in [9.17, 15) is 18.3 Å². The average molecular weight is 301 g/mol. The van der Waals surface area contributed by atoms with Crippen molar-refractivity contribution in [1.82, 2.24) is 0 Å².